The summed E-state index contributed by atoms with van der Waals surface area (Å²) in [6, 6.07) is 8.70. The lowest BCUT2D eigenvalue weighted by Gasteiger charge is -2.13. The summed E-state index contributed by atoms with van der Waals surface area (Å²) in [5, 5.41) is 5.53. The van der Waals surface area contributed by atoms with Crippen LogP contribution in [0.1, 0.15) is 31.2 Å². The number of hydrogen-bond acceptors (Lipinski definition) is 3. The molecule has 22 heavy (non-hydrogen) atoms. The third-order valence-electron chi connectivity index (χ3n) is 3.89. The van der Waals surface area contributed by atoms with Gasteiger partial charge in [0.25, 0.3) is 5.91 Å². The maximum Gasteiger partial charge on any atom is 0.325 e. The maximum atomic E-state index is 12.3. The molecule has 1 aromatic rings. The molecule has 1 unspecified atom stereocenters. The van der Waals surface area contributed by atoms with E-state index in [1.165, 1.54) is 4.90 Å². The van der Waals surface area contributed by atoms with Crippen molar-refractivity contribution >= 4 is 17.8 Å². The van der Waals surface area contributed by atoms with Crippen molar-refractivity contribution in [3.8, 4) is 0 Å². The molecule has 0 aromatic heterocycles. The highest BCUT2D eigenvalue weighted by Crippen LogP contribution is 2.19. The molecule has 0 spiro atoms. The van der Waals surface area contributed by atoms with Crippen molar-refractivity contribution in [1.29, 1.82) is 0 Å². The van der Waals surface area contributed by atoms with Crippen LogP contribution in [0, 0.1) is 0 Å². The van der Waals surface area contributed by atoms with E-state index in [1.807, 2.05) is 30.3 Å². The molecule has 0 bridgehead atoms. The van der Waals surface area contributed by atoms with Crippen LogP contribution < -0.4 is 10.6 Å². The highest BCUT2D eigenvalue weighted by atomic mass is 16.2. The maximum absolute atomic E-state index is 12.3. The Morgan fingerprint density at radius 1 is 1.23 bits per heavy atom. The molecule has 1 heterocycles. The zero-order valence-corrected chi connectivity index (χ0v) is 12.2. The van der Waals surface area contributed by atoms with E-state index in [-0.39, 0.29) is 30.8 Å². The average molecular weight is 301 g/mol. The van der Waals surface area contributed by atoms with Crippen molar-refractivity contribution in [2.45, 2.75) is 44.3 Å². The Morgan fingerprint density at radius 2 is 1.95 bits per heavy atom. The fourth-order valence-corrected chi connectivity index (χ4v) is 2.49. The number of carbonyl (C=O) groups excluding carboxylic acids is 3. The molecular weight excluding hydrogens is 282 g/mol. The van der Waals surface area contributed by atoms with Crippen LogP contribution in [-0.2, 0) is 16.1 Å². The summed E-state index contributed by atoms with van der Waals surface area (Å²) >= 11 is 0. The molecule has 6 heteroatoms. The van der Waals surface area contributed by atoms with E-state index in [1.54, 1.807) is 0 Å². The molecule has 1 saturated heterocycles. The normalized spacial score (nSPS) is 20.9. The van der Waals surface area contributed by atoms with Crippen LogP contribution in [0.25, 0.3) is 0 Å². The second-order valence-corrected chi connectivity index (χ2v) is 5.79. The van der Waals surface area contributed by atoms with E-state index in [0.717, 1.165) is 18.4 Å². The molecule has 3 rings (SSSR count). The van der Waals surface area contributed by atoms with Crippen LogP contribution in [0.2, 0.25) is 0 Å². The van der Waals surface area contributed by atoms with E-state index in [0.29, 0.717) is 12.5 Å². The Hall–Kier alpha value is -2.37. The first-order valence-electron chi connectivity index (χ1n) is 7.58. The van der Waals surface area contributed by atoms with Gasteiger partial charge in [-0.3, -0.25) is 14.5 Å². The van der Waals surface area contributed by atoms with Gasteiger partial charge in [0, 0.05) is 12.5 Å². The summed E-state index contributed by atoms with van der Waals surface area (Å²) in [7, 11) is 0. The lowest BCUT2D eigenvalue weighted by Crippen LogP contribution is -2.33. The summed E-state index contributed by atoms with van der Waals surface area (Å²) in [6.45, 7) is 0.260. The monoisotopic (exact) mass is 301 g/mol. The topological polar surface area (TPSA) is 78.5 Å². The highest BCUT2D eigenvalue weighted by Gasteiger charge is 2.37. The van der Waals surface area contributed by atoms with Crippen molar-refractivity contribution < 1.29 is 14.4 Å². The van der Waals surface area contributed by atoms with E-state index >= 15 is 0 Å². The van der Waals surface area contributed by atoms with Crippen LogP contribution in [0.3, 0.4) is 0 Å². The Bertz CT molecular complexity index is 584. The van der Waals surface area contributed by atoms with Crippen molar-refractivity contribution in [3.63, 3.8) is 0 Å². The number of rotatable bonds is 6. The number of imide groups is 1. The number of urea groups is 1. The van der Waals surface area contributed by atoms with Crippen molar-refractivity contribution in [3.05, 3.63) is 35.9 Å². The molecule has 2 fully saturated rings. The Kier molecular flexibility index (Phi) is 4.09. The predicted octanol–water partition coefficient (Wildman–Crippen LogP) is 1.17. The van der Waals surface area contributed by atoms with Crippen molar-refractivity contribution in [2.75, 3.05) is 0 Å². The minimum Gasteiger partial charge on any atom is -0.353 e. The van der Waals surface area contributed by atoms with Crippen LogP contribution in [-0.4, -0.2) is 34.8 Å². The number of amides is 4. The van der Waals surface area contributed by atoms with Crippen LogP contribution in [0.15, 0.2) is 30.3 Å². The first-order valence-corrected chi connectivity index (χ1v) is 7.58. The van der Waals surface area contributed by atoms with Gasteiger partial charge >= 0.3 is 6.03 Å². The summed E-state index contributed by atoms with van der Waals surface area (Å²) in [5.41, 5.74) is 0.901. The van der Waals surface area contributed by atoms with Gasteiger partial charge in [0.05, 0.1) is 6.54 Å². The molecule has 1 saturated carbocycles. The second kappa shape index (κ2) is 6.17. The van der Waals surface area contributed by atoms with E-state index < -0.39 is 6.04 Å². The van der Waals surface area contributed by atoms with Crippen LogP contribution >= 0.6 is 0 Å². The summed E-state index contributed by atoms with van der Waals surface area (Å²) in [6.07, 6.45) is 2.67. The number of nitrogens with zero attached hydrogens (tertiary/aromatic N) is 1. The molecule has 1 aliphatic heterocycles. The molecular formula is C16H19N3O3. The number of nitrogens with one attached hydrogen (secondary N) is 2. The molecule has 0 radical (unpaired) electrons. The Morgan fingerprint density at radius 3 is 2.64 bits per heavy atom. The summed E-state index contributed by atoms with van der Waals surface area (Å²) in [4.78, 5) is 37.1. The van der Waals surface area contributed by atoms with E-state index in [4.69, 9.17) is 0 Å². The third kappa shape index (κ3) is 3.44. The minimum absolute atomic E-state index is 0.0499. The zero-order chi connectivity index (χ0) is 15.5. The van der Waals surface area contributed by atoms with Gasteiger partial charge in [0.2, 0.25) is 5.91 Å². The highest BCUT2D eigenvalue weighted by molar-refractivity contribution is 6.04. The summed E-state index contributed by atoms with van der Waals surface area (Å²) in [5.74, 6) is -0.306. The smallest absolute Gasteiger partial charge is 0.325 e. The van der Waals surface area contributed by atoms with Gasteiger partial charge in [-0.2, -0.15) is 0 Å². The SMILES string of the molecule is O=C(CCC1NC(=O)N(Cc2ccccc2)C1=O)NC1CC1. The number of benzene rings is 1. The van der Waals surface area contributed by atoms with Gasteiger partial charge in [-0.15, -0.1) is 0 Å². The van der Waals surface area contributed by atoms with Gasteiger partial charge in [-0.25, -0.2) is 4.79 Å². The first kappa shape index (κ1) is 14.6. The molecule has 6 nitrogen and oxygen atoms in total. The predicted molar refractivity (Wildman–Crippen MR) is 79.7 cm³/mol. The first-order chi connectivity index (χ1) is 10.6. The molecule has 1 atom stereocenters. The molecule has 2 N–H and O–H groups in total. The quantitative estimate of drug-likeness (QED) is 0.774. The van der Waals surface area contributed by atoms with Crippen LogP contribution in [0.4, 0.5) is 4.79 Å². The molecule has 2 aliphatic rings. The standard InChI is InChI=1S/C16H19N3O3/c20-14(17-12-6-7-12)9-8-13-15(21)19(16(22)18-13)10-11-4-2-1-3-5-11/h1-5,12-13H,6-10H2,(H,17,20)(H,18,22). The Labute approximate surface area is 128 Å². The summed E-state index contributed by atoms with van der Waals surface area (Å²) < 4.78 is 0. The van der Waals surface area contributed by atoms with Gasteiger partial charge < -0.3 is 10.6 Å². The fourth-order valence-electron chi connectivity index (χ4n) is 2.49. The van der Waals surface area contributed by atoms with Gasteiger partial charge in [-0.05, 0) is 24.8 Å². The lowest BCUT2D eigenvalue weighted by atomic mass is 10.1. The third-order valence-corrected chi connectivity index (χ3v) is 3.89. The Balaban J connectivity index is 1.53. The van der Waals surface area contributed by atoms with E-state index in [2.05, 4.69) is 10.6 Å². The molecule has 1 aliphatic carbocycles. The minimum atomic E-state index is -0.596. The molecule has 4 amide bonds. The van der Waals surface area contributed by atoms with Gasteiger partial charge in [0.1, 0.15) is 6.04 Å². The molecule has 1 aromatic carbocycles. The number of hydrogen-bond donors (Lipinski definition) is 2. The number of carbonyl (C=O) groups is 3. The molecule has 116 valence electrons. The van der Waals surface area contributed by atoms with Crippen molar-refractivity contribution in [2.24, 2.45) is 0 Å². The van der Waals surface area contributed by atoms with Gasteiger partial charge in [-0.1, -0.05) is 30.3 Å². The largest absolute Gasteiger partial charge is 0.353 e. The van der Waals surface area contributed by atoms with Crippen molar-refractivity contribution in [1.82, 2.24) is 15.5 Å². The second-order valence-electron chi connectivity index (χ2n) is 5.79. The van der Waals surface area contributed by atoms with Gasteiger partial charge in [0.15, 0.2) is 0 Å². The average Bonchev–Trinajstić information content (AvgIpc) is 3.28. The van der Waals surface area contributed by atoms with Crippen LogP contribution in [0.5, 0.6) is 0 Å². The lowest BCUT2D eigenvalue weighted by molar-refractivity contribution is -0.128. The fraction of sp³-hybridized carbons (Fsp3) is 0.438. The zero-order valence-electron chi connectivity index (χ0n) is 12.2. The van der Waals surface area contributed by atoms with E-state index in [9.17, 15) is 14.4 Å².